The number of hydrogen-bond donors (Lipinski definition) is 2. The van der Waals surface area contributed by atoms with E-state index in [2.05, 4.69) is 26.1 Å². The molecule has 2 heteroatoms. The van der Waals surface area contributed by atoms with Crippen molar-refractivity contribution in [3.8, 4) is 0 Å². The average molecular weight is 226 g/mol. The first-order valence-corrected chi connectivity index (χ1v) is 6.94. The predicted octanol–water partition coefficient (Wildman–Crippen LogP) is 2.92. The zero-order chi connectivity index (χ0) is 12.1. The van der Waals surface area contributed by atoms with E-state index < -0.39 is 0 Å². The molecule has 1 fully saturated rings. The third-order valence-corrected chi connectivity index (χ3v) is 4.24. The highest BCUT2D eigenvalue weighted by Crippen LogP contribution is 2.47. The molecule has 96 valence electrons. The van der Waals surface area contributed by atoms with Crippen molar-refractivity contribution in [1.29, 1.82) is 0 Å². The molecule has 0 aromatic rings. The van der Waals surface area contributed by atoms with Crippen LogP contribution in [0.4, 0.5) is 0 Å². The van der Waals surface area contributed by atoms with Gasteiger partial charge in [-0.2, -0.15) is 0 Å². The summed E-state index contributed by atoms with van der Waals surface area (Å²) in [5.74, 6) is 0. The molecule has 0 aliphatic heterocycles. The Morgan fingerprint density at radius 3 is 2.44 bits per heavy atom. The van der Waals surface area contributed by atoms with Crippen molar-refractivity contribution in [3.63, 3.8) is 0 Å². The largest absolute Gasteiger partial charge is 0.330 e. The molecule has 1 aliphatic rings. The first-order valence-electron chi connectivity index (χ1n) is 6.94. The van der Waals surface area contributed by atoms with Gasteiger partial charge in [-0.15, -0.1) is 0 Å². The Hall–Kier alpha value is -0.0800. The van der Waals surface area contributed by atoms with E-state index in [0.717, 1.165) is 13.0 Å². The first kappa shape index (κ1) is 14.0. The van der Waals surface area contributed by atoms with Crippen LogP contribution in [-0.2, 0) is 0 Å². The number of rotatable bonds is 9. The lowest BCUT2D eigenvalue weighted by atomic mass is 9.84. The first-order chi connectivity index (χ1) is 7.54. The molecule has 3 N–H and O–H groups in total. The van der Waals surface area contributed by atoms with Gasteiger partial charge in [0.1, 0.15) is 0 Å². The highest BCUT2D eigenvalue weighted by Gasteiger charge is 2.39. The second-order valence-corrected chi connectivity index (χ2v) is 6.34. The molecule has 0 aromatic carbocycles. The summed E-state index contributed by atoms with van der Waals surface area (Å²) in [5.41, 5.74) is 6.73. The molecule has 1 saturated carbocycles. The van der Waals surface area contributed by atoms with Crippen molar-refractivity contribution in [3.05, 3.63) is 0 Å². The maximum Gasteiger partial charge on any atom is 0.000771 e. The van der Waals surface area contributed by atoms with Gasteiger partial charge in [0.15, 0.2) is 0 Å². The lowest BCUT2D eigenvalue weighted by Gasteiger charge is -2.24. The molecule has 0 saturated heterocycles. The number of hydrogen-bond acceptors (Lipinski definition) is 2. The Morgan fingerprint density at radius 2 is 1.94 bits per heavy atom. The minimum atomic E-state index is 0.429. The van der Waals surface area contributed by atoms with Crippen LogP contribution in [0.25, 0.3) is 0 Å². The fourth-order valence-corrected chi connectivity index (χ4v) is 2.39. The summed E-state index contributed by atoms with van der Waals surface area (Å²) in [5, 5.41) is 3.62. The Morgan fingerprint density at radius 1 is 1.25 bits per heavy atom. The van der Waals surface area contributed by atoms with Crippen LogP contribution in [0.3, 0.4) is 0 Å². The van der Waals surface area contributed by atoms with E-state index in [9.17, 15) is 0 Å². The molecule has 1 rings (SSSR count). The van der Waals surface area contributed by atoms with Crippen molar-refractivity contribution >= 4 is 0 Å². The summed E-state index contributed by atoms with van der Waals surface area (Å²) in [6, 6.07) is 0. The molecule has 0 unspecified atom stereocenters. The molecule has 0 heterocycles. The van der Waals surface area contributed by atoms with Crippen molar-refractivity contribution in [2.45, 2.75) is 59.3 Å². The van der Waals surface area contributed by atoms with E-state index in [1.165, 1.54) is 45.2 Å². The summed E-state index contributed by atoms with van der Waals surface area (Å²) in [6.07, 6.45) is 7.94. The van der Waals surface area contributed by atoms with Crippen molar-refractivity contribution in [2.24, 2.45) is 16.6 Å². The van der Waals surface area contributed by atoms with Gasteiger partial charge in [0, 0.05) is 6.54 Å². The predicted molar refractivity (Wildman–Crippen MR) is 71.5 cm³/mol. The molecule has 0 radical (unpaired) electrons. The molecule has 2 nitrogen and oxygen atoms in total. The van der Waals surface area contributed by atoms with Crippen molar-refractivity contribution < 1.29 is 0 Å². The van der Waals surface area contributed by atoms with Gasteiger partial charge in [-0.3, -0.25) is 0 Å². The minimum Gasteiger partial charge on any atom is -0.330 e. The molecule has 0 bridgehead atoms. The third-order valence-electron chi connectivity index (χ3n) is 4.24. The van der Waals surface area contributed by atoms with Gasteiger partial charge in [0.2, 0.25) is 0 Å². The molecule has 0 atom stereocenters. The Kier molecular flexibility index (Phi) is 5.26. The van der Waals surface area contributed by atoms with Crippen molar-refractivity contribution in [1.82, 2.24) is 5.32 Å². The third kappa shape index (κ3) is 4.84. The van der Waals surface area contributed by atoms with Gasteiger partial charge in [-0.25, -0.2) is 0 Å². The number of nitrogens with one attached hydrogen (secondary N) is 1. The maximum absolute atomic E-state index is 5.61. The van der Waals surface area contributed by atoms with E-state index in [4.69, 9.17) is 5.73 Å². The topological polar surface area (TPSA) is 38.0 Å². The summed E-state index contributed by atoms with van der Waals surface area (Å²) < 4.78 is 0. The van der Waals surface area contributed by atoms with Crippen LogP contribution in [0.15, 0.2) is 0 Å². The highest BCUT2D eigenvalue weighted by molar-refractivity contribution is 4.93. The van der Waals surface area contributed by atoms with E-state index in [1.54, 1.807) is 0 Å². The molecule has 0 spiro atoms. The van der Waals surface area contributed by atoms with Gasteiger partial charge in [-0.05, 0) is 62.4 Å². The van der Waals surface area contributed by atoms with E-state index in [-0.39, 0.29) is 0 Å². The summed E-state index contributed by atoms with van der Waals surface area (Å²) in [6.45, 7) is 10.2. The fraction of sp³-hybridized carbons (Fsp3) is 1.00. The van der Waals surface area contributed by atoms with Crippen molar-refractivity contribution in [2.75, 3.05) is 19.6 Å². The fourth-order valence-electron chi connectivity index (χ4n) is 2.39. The monoisotopic (exact) mass is 226 g/mol. The Bertz CT molecular complexity index is 195. The summed E-state index contributed by atoms with van der Waals surface area (Å²) in [4.78, 5) is 0. The molecular weight excluding hydrogens is 196 g/mol. The van der Waals surface area contributed by atoms with E-state index in [0.29, 0.717) is 10.8 Å². The number of nitrogens with two attached hydrogens (primary N) is 1. The SMILES string of the molecule is CCC1(CNCCCC(C)(C)CCN)CC1. The van der Waals surface area contributed by atoms with E-state index >= 15 is 0 Å². The van der Waals surface area contributed by atoms with Gasteiger partial charge in [0.05, 0.1) is 0 Å². The zero-order valence-electron chi connectivity index (χ0n) is 11.4. The van der Waals surface area contributed by atoms with Crippen LogP contribution in [0.2, 0.25) is 0 Å². The summed E-state index contributed by atoms with van der Waals surface area (Å²) >= 11 is 0. The van der Waals surface area contributed by atoms with Gasteiger partial charge in [0.25, 0.3) is 0 Å². The minimum absolute atomic E-state index is 0.429. The van der Waals surface area contributed by atoms with Gasteiger partial charge in [-0.1, -0.05) is 20.8 Å². The van der Waals surface area contributed by atoms with Crippen LogP contribution < -0.4 is 11.1 Å². The standard InChI is InChI=1S/C14H30N2/c1-4-14(7-8-14)12-16-11-5-6-13(2,3)9-10-15/h16H,4-12,15H2,1-3H3. The quantitative estimate of drug-likeness (QED) is 0.593. The van der Waals surface area contributed by atoms with E-state index in [1.807, 2.05) is 0 Å². The second kappa shape index (κ2) is 6.02. The van der Waals surface area contributed by atoms with Gasteiger partial charge >= 0.3 is 0 Å². The smallest absolute Gasteiger partial charge is 0.000771 e. The Balaban J connectivity index is 1.99. The van der Waals surface area contributed by atoms with Crippen LogP contribution in [0, 0.1) is 10.8 Å². The normalized spacial score (nSPS) is 18.8. The van der Waals surface area contributed by atoms with Crippen LogP contribution >= 0.6 is 0 Å². The maximum atomic E-state index is 5.61. The molecular formula is C14H30N2. The second-order valence-electron chi connectivity index (χ2n) is 6.34. The highest BCUT2D eigenvalue weighted by atomic mass is 14.9. The molecule has 16 heavy (non-hydrogen) atoms. The lowest BCUT2D eigenvalue weighted by molar-refractivity contribution is 0.299. The average Bonchev–Trinajstić information content (AvgIpc) is 2.98. The Labute approximate surface area is 101 Å². The van der Waals surface area contributed by atoms with Gasteiger partial charge < -0.3 is 11.1 Å². The molecule has 0 amide bonds. The molecule has 0 aromatic heterocycles. The zero-order valence-corrected chi connectivity index (χ0v) is 11.4. The van der Waals surface area contributed by atoms with Crippen LogP contribution in [0.5, 0.6) is 0 Å². The summed E-state index contributed by atoms with van der Waals surface area (Å²) in [7, 11) is 0. The van der Waals surface area contributed by atoms with Crippen LogP contribution in [-0.4, -0.2) is 19.6 Å². The lowest BCUT2D eigenvalue weighted by Crippen LogP contribution is -2.26. The van der Waals surface area contributed by atoms with Crippen LogP contribution in [0.1, 0.15) is 59.3 Å². The molecule has 1 aliphatic carbocycles.